The van der Waals surface area contributed by atoms with E-state index >= 15 is 0 Å². The molecule has 0 aliphatic heterocycles. The maximum Gasteiger partial charge on any atom is 0.343 e. The molecule has 0 amide bonds. The summed E-state index contributed by atoms with van der Waals surface area (Å²) in [5.74, 6) is -0.110. The molecule has 0 aromatic carbocycles. The first-order valence-electron chi connectivity index (χ1n) is 6.68. The molecule has 0 saturated heterocycles. The average molecular weight is 264 g/mol. The van der Waals surface area contributed by atoms with E-state index in [0.29, 0.717) is 24.7 Å². The Bertz CT molecular complexity index is 442. The zero-order chi connectivity index (χ0) is 13.7. The molecule has 1 fully saturated rings. The minimum atomic E-state index is -0.414. The van der Waals surface area contributed by atoms with E-state index in [1.807, 2.05) is 0 Å². The summed E-state index contributed by atoms with van der Waals surface area (Å²) >= 11 is 0. The summed E-state index contributed by atoms with van der Waals surface area (Å²) in [4.78, 5) is 15.9. The van der Waals surface area contributed by atoms with Crippen LogP contribution in [0.5, 0.6) is 5.88 Å². The van der Waals surface area contributed by atoms with Gasteiger partial charge in [-0.15, -0.1) is 0 Å². The molecular formula is C14H20N2O3. The van der Waals surface area contributed by atoms with E-state index in [0.717, 1.165) is 25.7 Å². The number of esters is 1. The minimum Gasteiger partial charge on any atom is -0.475 e. The predicted molar refractivity (Wildman–Crippen MR) is 71.1 cm³/mol. The molecule has 1 aromatic rings. The van der Waals surface area contributed by atoms with Gasteiger partial charge in [0.15, 0.2) is 0 Å². The van der Waals surface area contributed by atoms with Gasteiger partial charge in [0, 0.05) is 6.20 Å². The topological polar surface area (TPSA) is 74.4 Å². The number of hydrogen-bond acceptors (Lipinski definition) is 5. The summed E-state index contributed by atoms with van der Waals surface area (Å²) in [6.45, 7) is 2.48. The van der Waals surface area contributed by atoms with Crippen molar-refractivity contribution in [1.29, 1.82) is 0 Å². The Hall–Kier alpha value is -1.62. The van der Waals surface area contributed by atoms with Gasteiger partial charge < -0.3 is 15.2 Å². The smallest absolute Gasteiger partial charge is 0.343 e. The minimum absolute atomic E-state index is 0.288. The van der Waals surface area contributed by atoms with E-state index in [4.69, 9.17) is 15.2 Å². The SMILES string of the molecule is CCOC(=O)c1cccnc1OCC1(N)CCCC1. The molecule has 1 aliphatic rings. The molecular weight excluding hydrogens is 244 g/mol. The van der Waals surface area contributed by atoms with E-state index < -0.39 is 5.97 Å². The number of carbonyl (C=O) groups is 1. The molecule has 0 spiro atoms. The van der Waals surface area contributed by atoms with Crippen LogP contribution in [0.1, 0.15) is 43.0 Å². The first-order chi connectivity index (χ1) is 9.14. The Labute approximate surface area is 113 Å². The van der Waals surface area contributed by atoms with Crippen LogP contribution in [0.3, 0.4) is 0 Å². The van der Waals surface area contributed by atoms with Gasteiger partial charge >= 0.3 is 5.97 Å². The van der Waals surface area contributed by atoms with Crippen molar-refractivity contribution >= 4 is 5.97 Å². The van der Waals surface area contributed by atoms with E-state index in [1.54, 1.807) is 25.3 Å². The molecule has 1 heterocycles. The zero-order valence-electron chi connectivity index (χ0n) is 11.2. The maximum absolute atomic E-state index is 11.8. The van der Waals surface area contributed by atoms with Crippen LogP contribution in [0, 0.1) is 0 Å². The fourth-order valence-corrected chi connectivity index (χ4v) is 2.31. The first-order valence-corrected chi connectivity index (χ1v) is 6.68. The zero-order valence-corrected chi connectivity index (χ0v) is 11.2. The first kappa shape index (κ1) is 13.8. The van der Waals surface area contributed by atoms with Crippen molar-refractivity contribution in [3.63, 3.8) is 0 Å². The fourth-order valence-electron chi connectivity index (χ4n) is 2.31. The molecule has 104 valence electrons. The highest BCUT2D eigenvalue weighted by atomic mass is 16.5. The second-order valence-electron chi connectivity index (χ2n) is 4.93. The summed E-state index contributed by atoms with van der Waals surface area (Å²) in [6.07, 6.45) is 5.76. The van der Waals surface area contributed by atoms with Gasteiger partial charge in [0.1, 0.15) is 12.2 Å². The summed E-state index contributed by atoms with van der Waals surface area (Å²) < 4.78 is 10.6. The highest BCUT2D eigenvalue weighted by molar-refractivity contribution is 5.91. The summed E-state index contributed by atoms with van der Waals surface area (Å²) in [7, 11) is 0. The second kappa shape index (κ2) is 6.02. The van der Waals surface area contributed by atoms with Gasteiger partial charge in [-0.1, -0.05) is 12.8 Å². The lowest BCUT2D eigenvalue weighted by molar-refractivity contribution is 0.0519. The highest BCUT2D eigenvalue weighted by Gasteiger charge is 2.30. The number of nitrogens with two attached hydrogens (primary N) is 1. The number of rotatable bonds is 5. The van der Waals surface area contributed by atoms with Crippen molar-refractivity contribution in [2.24, 2.45) is 5.73 Å². The van der Waals surface area contributed by atoms with Gasteiger partial charge in [-0.2, -0.15) is 0 Å². The number of aromatic nitrogens is 1. The fraction of sp³-hybridized carbons (Fsp3) is 0.571. The number of pyridine rings is 1. The van der Waals surface area contributed by atoms with E-state index in [2.05, 4.69) is 4.98 Å². The standard InChI is InChI=1S/C14H20N2O3/c1-2-18-13(17)11-6-5-9-16-12(11)19-10-14(15)7-3-4-8-14/h5-6,9H,2-4,7-8,10,15H2,1H3. The van der Waals surface area contributed by atoms with Crippen LogP contribution >= 0.6 is 0 Å². The van der Waals surface area contributed by atoms with Crippen LogP contribution in [0.25, 0.3) is 0 Å². The molecule has 1 saturated carbocycles. The maximum atomic E-state index is 11.8. The predicted octanol–water partition coefficient (Wildman–Crippen LogP) is 1.91. The Balaban J connectivity index is 2.05. The number of nitrogens with zero attached hydrogens (tertiary/aromatic N) is 1. The van der Waals surface area contributed by atoms with Crippen LogP contribution < -0.4 is 10.5 Å². The van der Waals surface area contributed by atoms with Gasteiger partial charge in [-0.3, -0.25) is 0 Å². The number of hydrogen-bond donors (Lipinski definition) is 1. The number of carbonyl (C=O) groups excluding carboxylic acids is 1. The third-order valence-corrected chi connectivity index (χ3v) is 3.36. The summed E-state index contributed by atoms with van der Waals surface area (Å²) in [6, 6.07) is 3.34. The molecule has 5 heteroatoms. The van der Waals surface area contributed by atoms with Crippen LogP contribution in [-0.4, -0.2) is 29.7 Å². The lowest BCUT2D eigenvalue weighted by Gasteiger charge is -2.23. The van der Waals surface area contributed by atoms with Crippen molar-refractivity contribution in [2.45, 2.75) is 38.1 Å². The van der Waals surface area contributed by atoms with E-state index in [9.17, 15) is 4.79 Å². The van der Waals surface area contributed by atoms with Crippen LogP contribution in [0.15, 0.2) is 18.3 Å². The summed E-state index contributed by atoms with van der Waals surface area (Å²) in [5, 5.41) is 0. The van der Waals surface area contributed by atoms with E-state index in [1.165, 1.54) is 0 Å². The second-order valence-corrected chi connectivity index (χ2v) is 4.93. The lowest BCUT2D eigenvalue weighted by atomic mass is 10.0. The quantitative estimate of drug-likeness (QED) is 0.822. The Kier molecular flexibility index (Phi) is 4.37. The van der Waals surface area contributed by atoms with Gasteiger partial charge in [0.05, 0.1) is 12.1 Å². The van der Waals surface area contributed by atoms with Crippen molar-refractivity contribution in [2.75, 3.05) is 13.2 Å². The molecule has 0 unspecified atom stereocenters. The van der Waals surface area contributed by atoms with Crippen molar-refractivity contribution in [1.82, 2.24) is 4.98 Å². The monoisotopic (exact) mass is 264 g/mol. The Morgan fingerprint density at radius 1 is 1.47 bits per heavy atom. The van der Waals surface area contributed by atoms with Crippen LogP contribution in [0.2, 0.25) is 0 Å². The normalized spacial score (nSPS) is 17.2. The molecule has 2 rings (SSSR count). The molecule has 1 aliphatic carbocycles. The van der Waals surface area contributed by atoms with E-state index in [-0.39, 0.29) is 5.54 Å². The van der Waals surface area contributed by atoms with Crippen LogP contribution in [0.4, 0.5) is 0 Å². The lowest BCUT2D eigenvalue weighted by Crippen LogP contribution is -2.42. The van der Waals surface area contributed by atoms with Gasteiger partial charge in [-0.05, 0) is 31.9 Å². The molecule has 0 bridgehead atoms. The van der Waals surface area contributed by atoms with Gasteiger partial charge in [0.2, 0.25) is 5.88 Å². The van der Waals surface area contributed by atoms with Gasteiger partial charge in [0.25, 0.3) is 0 Å². The van der Waals surface area contributed by atoms with Crippen molar-refractivity contribution in [3.8, 4) is 5.88 Å². The summed E-state index contributed by atoms with van der Waals surface area (Å²) in [5.41, 5.74) is 6.29. The molecule has 5 nitrogen and oxygen atoms in total. The van der Waals surface area contributed by atoms with Crippen molar-refractivity contribution < 1.29 is 14.3 Å². The third kappa shape index (κ3) is 3.44. The van der Waals surface area contributed by atoms with Crippen molar-refractivity contribution in [3.05, 3.63) is 23.9 Å². The Morgan fingerprint density at radius 3 is 2.89 bits per heavy atom. The Morgan fingerprint density at radius 2 is 2.21 bits per heavy atom. The third-order valence-electron chi connectivity index (χ3n) is 3.36. The number of ether oxygens (including phenoxy) is 2. The average Bonchev–Trinajstić information content (AvgIpc) is 2.84. The van der Waals surface area contributed by atoms with Crippen LogP contribution in [-0.2, 0) is 4.74 Å². The highest BCUT2D eigenvalue weighted by Crippen LogP contribution is 2.28. The largest absolute Gasteiger partial charge is 0.475 e. The molecule has 1 aromatic heterocycles. The molecule has 0 atom stereocenters. The van der Waals surface area contributed by atoms with Gasteiger partial charge in [-0.25, -0.2) is 9.78 Å². The molecule has 0 radical (unpaired) electrons. The molecule has 2 N–H and O–H groups in total. The molecule has 19 heavy (non-hydrogen) atoms.